The largest absolute Gasteiger partial charge is 0.323 e. The number of carbonyl (C=O) groups excluding carboxylic acids is 2. The zero-order valence-electron chi connectivity index (χ0n) is 13.9. The maximum absolute atomic E-state index is 12.3. The first kappa shape index (κ1) is 18.3. The molecule has 1 atom stereocenters. The van der Waals surface area contributed by atoms with Gasteiger partial charge in [-0.25, -0.2) is 18.1 Å². The predicted molar refractivity (Wildman–Crippen MR) is 90.8 cm³/mol. The SMILES string of the molecule is CC(C)C(NS(C)(=O)=O)C(=O)Nc1ccc(NC(=O)C2CC2)nc1. The van der Waals surface area contributed by atoms with Crippen molar-refractivity contribution in [2.75, 3.05) is 16.9 Å². The number of carbonyl (C=O) groups is 2. The molecule has 1 aromatic rings. The Morgan fingerprint density at radius 1 is 1.21 bits per heavy atom. The van der Waals surface area contributed by atoms with Crippen LogP contribution in [-0.2, 0) is 19.6 Å². The van der Waals surface area contributed by atoms with Gasteiger partial charge in [0.2, 0.25) is 21.8 Å². The second-order valence-electron chi connectivity index (χ2n) is 6.30. The van der Waals surface area contributed by atoms with E-state index in [-0.39, 0.29) is 17.7 Å². The van der Waals surface area contributed by atoms with Crippen molar-refractivity contribution < 1.29 is 18.0 Å². The Balaban J connectivity index is 1.98. The minimum Gasteiger partial charge on any atom is -0.323 e. The number of hydrogen-bond acceptors (Lipinski definition) is 5. The molecular formula is C15H22N4O4S. The van der Waals surface area contributed by atoms with Gasteiger partial charge < -0.3 is 10.6 Å². The van der Waals surface area contributed by atoms with Gasteiger partial charge in [-0.3, -0.25) is 9.59 Å². The van der Waals surface area contributed by atoms with Crippen molar-refractivity contribution in [2.45, 2.75) is 32.7 Å². The molecule has 9 heteroatoms. The van der Waals surface area contributed by atoms with Gasteiger partial charge in [-0.1, -0.05) is 13.8 Å². The Bertz CT molecular complexity index is 711. The van der Waals surface area contributed by atoms with Gasteiger partial charge in [0, 0.05) is 5.92 Å². The summed E-state index contributed by atoms with van der Waals surface area (Å²) in [6, 6.07) is 2.31. The van der Waals surface area contributed by atoms with Crippen LogP contribution >= 0.6 is 0 Å². The van der Waals surface area contributed by atoms with Crippen molar-refractivity contribution in [3.8, 4) is 0 Å². The number of pyridine rings is 1. The molecule has 1 aliphatic rings. The molecule has 1 fully saturated rings. The number of nitrogens with one attached hydrogen (secondary N) is 3. The summed E-state index contributed by atoms with van der Waals surface area (Å²) in [5, 5.41) is 5.32. The number of aromatic nitrogens is 1. The van der Waals surface area contributed by atoms with Crippen LogP contribution in [-0.4, -0.2) is 37.5 Å². The molecule has 0 saturated heterocycles. The van der Waals surface area contributed by atoms with Gasteiger partial charge >= 0.3 is 0 Å². The molecule has 0 spiro atoms. The molecule has 1 saturated carbocycles. The van der Waals surface area contributed by atoms with E-state index in [1.807, 2.05) is 0 Å². The van der Waals surface area contributed by atoms with Crippen LogP contribution in [0.15, 0.2) is 18.3 Å². The Morgan fingerprint density at radius 3 is 2.33 bits per heavy atom. The van der Waals surface area contributed by atoms with E-state index >= 15 is 0 Å². The molecule has 0 aromatic carbocycles. The van der Waals surface area contributed by atoms with E-state index < -0.39 is 22.0 Å². The van der Waals surface area contributed by atoms with E-state index in [9.17, 15) is 18.0 Å². The molecular weight excluding hydrogens is 332 g/mol. The van der Waals surface area contributed by atoms with Crippen LogP contribution in [0.3, 0.4) is 0 Å². The smallest absolute Gasteiger partial charge is 0.242 e. The summed E-state index contributed by atoms with van der Waals surface area (Å²) in [6.45, 7) is 3.49. The minimum absolute atomic E-state index is 0.0449. The third kappa shape index (κ3) is 5.57. The quantitative estimate of drug-likeness (QED) is 0.674. The highest BCUT2D eigenvalue weighted by Gasteiger charge is 2.30. The van der Waals surface area contributed by atoms with Crippen LogP contribution in [0.4, 0.5) is 11.5 Å². The van der Waals surface area contributed by atoms with Crippen LogP contribution in [0.5, 0.6) is 0 Å². The van der Waals surface area contributed by atoms with E-state index in [0.29, 0.717) is 11.5 Å². The molecule has 1 heterocycles. The van der Waals surface area contributed by atoms with E-state index in [1.54, 1.807) is 26.0 Å². The number of nitrogens with zero attached hydrogens (tertiary/aromatic N) is 1. The Morgan fingerprint density at radius 2 is 1.88 bits per heavy atom. The second-order valence-corrected chi connectivity index (χ2v) is 8.08. The van der Waals surface area contributed by atoms with Gasteiger partial charge in [0.05, 0.1) is 18.1 Å². The van der Waals surface area contributed by atoms with E-state index in [1.165, 1.54) is 6.20 Å². The lowest BCUT2D eigenvalue weighted by Crippen LogP contribution is -2.46. The molecule has 0 radical (unpaired) electrons. The van der Waals surface area contributed by atoms with Crippen molar-refractivity contribution in [2.24, 2.45) is 11.8 Å². The van der Waals surface area contributed by atoms with Crippen LogP contribution in [0, 0.1) is 11.8 Å². The van der Waals surface area contributed by atoms with Gasteiger partial charge in [-0.15, -0.1) is 0 Å². The lowest BCUT2D eigenvalue weighted by atomic mass is 10.1. The number of rotatable bonds is 7. The average molecular weight is 354 g/mol. The lowest BCUT2D eigenvalue weighted by molar-refractivity contribution is -0.119. The topological polar surface area (TPSA) is 117 Å². The third-order valence-electron chi connectivity index (χ3n) is 3.52. The normalized spacial score (nSPS) is 15.8. The zero-order chi connectivity index (χ0) is 17.9. The fourth-order valence-electron chi connectivity index (χ4n) is 2.06. The van der Waals surface area contributed by atoms with E-state index in [2.05, 4.69) is 20.3 Å². The van der Waals surface area contributed by atoms with Gasteiger partial charge in [0.15, 0.2) is 0 Å². The van der Waals surface area contributed by atoms with Crippen molar-refractivity contribution >= 4 is 33.3 Å². The monoisotopic (exact) mass is 354 g/mol. The lowest BCUT2D eigenvalue weighted by Gasteiger charge is -2.20. The van der Waals surface area contributed by atoms with Crippen LogP contribution < -0.4 is 15.4 Å². The molecule has 2 amide bonds. The first-order chi connectivity index (χ1) is 11.2. The molecule has 1 aromatic heterocycles. The van der Waals surface area contributed by atoms with Gasteiger partial charge in [0.1, 0.15) is 11.9 Å². The predicted octanol–water partition coefficient (Wildman–Crippen LogP) is 0.942. The molecule has 24 heavy (non-hydrogen) atoms. The second kappa shape index (κ2) is 7.27. The first-order valence-corrected chi connectivity index (χ1v) is 9.60. The highest BCUT2D eigenvalue weighted by atomic mass is 32.2. The molecule has 0 aliphatic heterocycles. The number of amides is 2. The summed E-state index contributed by atoms with van der Waals surface area (Å²) in [6.07, 6.45) is 4.24. The molecule has 0 bridgehead atoms. The van der Waals surface area contributed by atoms with Gasteiger partial charge in [0.25, 0.3) is 0 Å². The molecule has 2 rings (SSSR count). The number of anilines is 2. The van der Waals surface area contributed by atoms with Gasteiger partial charge in [-0.2, -0.15) is 0 Å². The highest BCUT2D eigenvalue weighted by Crippen LogP contribution is 2.29. The van der Waals surface area contributed by atoms with E-state index in [4.69, 9.17) is 0 Å². The molecule has 3 N–H and O–H groups in total. The summed E-state index contributed by atoms with van der Waals surface area (Å²) in [4.78, 5) is 28.0. The van der Waals surface area contributed by atoms with Crippen LogP contribution in [0.1, 0.15) is 26.7 Å². The van der Waals surface area contributed by atoms with Crippen LogP contribution in [0.25, 0.3) is 0 Å². The summed E-state index contributed by atoms with van der Waals surface area (Å²) in [7, 11) is -3.50. The van der Waals surface area contributed by atoms with E-state index in [0.717, 1.165) is 19.1 Å². The summed E-state index contributed by atoms with van der Waals surface area (Å²) in [5.74, 6) is -0.229. The molecule has 1 aliphatic carbocycles. The zero-order valence-corrected chi connectivity index (χ0v) is 14.7. The molecule has 1 unspecified atom stereocenters. The Kier molecular flexibility index (Phi) is 5.55. The standard InChI is InChI=1S/C15H22N4O4S/c1-9(2)13(19-24(3,22)23)15(21)17-11-6-7-12(16-8-11)18-14(20)10-4-5-10/h6-10,13,19H,4-5H2,1-3H3,(H,17,21)(H,16,18,20). The summed E-state index contributed by atoms with van der Waals surface area (Å²) < 4.78 is 25.0. The minimum atomic E-state index is -3.50. The Labute approximate surface area is 141 Å². The number of sulfonamides is 1. The number of hydrogen-bond donors (Lipinski definition) is 3. The maximum Gasteiger partial charge on any atom is 0.242 e. The fraction of sp³-hybridized carbons (Fsp3) is 0.533. The van der Waals surface area contributed by atoms with Gasteiger partial charge in [-0.05, 0) is 30.9 Å². The maximum atomic E-state index is 12.3. The van der Waals surface area contributed by atoms with Crippen molar-refractivity contribution in [1.82, 2.24) is 9.71 Å². The summed E-state index contributed by atoms with van der Waals surface area (Å²) >= 11 is 0. The highest BCUT2D eigenvalue weighted by molar-refractivity contribution is 7.88. The third-order valence-corrected chi connectivity index (χ3v) is 4.20. The molecule has 8 nitrogen and oxygen atoms in total. The van der Waals surface area contributed by atoms with Crippen LogP contribution in [0.2, 0.25) is 0 Å². The fourth-order valence-corrected chi connectivity index (χ4v) is 2.90. The van der Waals surface area contributed by atoms with Crippen molar-refractivity contribution in [3.05, 3.63) is 18.3 Å². The average Bonchev–Trinajstić information content (AvgIpc) is 3.30. The Hall–Kier alpha value is -2.00. The summed E-state index contributed by atoms with van der Waals surface area (Å²) in [5.41, 5.74) is 0.422. The first-order valence-electron chi connectivity index (χ1n) is 7.71. The van der Waals surface area contributed by atoms with Crippen molar-refractivity contribution in [3.63, 3.8) is 0 Å². The van der Waals surface area contributed by atoms with Crippen molar-refractivity contribution in [1.29, 1.82) is 0 Å². The molecule has 132 valence electrons.